The first-order valence-electron chi connectivity index (χ1n) is 5.68. The third-order valence-electron chi connectivity index (χ3n) is 2.40. The van der Waals surface area contributed by atoms with E-state index in [0.29, 0.717) is 6.54 Å². The van der Waals surface area contributed by atoms with Crippen LogP contribution in [0.3, 0.4) is 0 Å². The van der Waals surface area contributed by atoms with E-state index < -0.39 is 0 Å². The van der Waals surface area contributed by atoms with Crippen LogP contribution < -0.4 is 0 Å². The Bertz CT molecular complexity index is 365. The molecule has 0 fully saturated rings. The highest BCUT2D eigenvalue weighted by Gasteiger charge is 2.12. The van der Waals surface area contributed by atoms with Crippen molar-refractivity contribution in [3.05, 3.63) is 20.8 Å². The number of carbonyl (C=O) groups excluding carboxylic acids is 1. The number of hydrogen-bond donors (Lipinski definition) is 0. The van der Waals surface area contributed by atoms with Gasteiger partial charge in [-0.05, 0) is 35.0 Å². The van der Waals surface area contributed by atoms with Gasteiger partial charge in [-0.2, -0.15) is 0 Å². The zero-order valence-electron chi connectivity index (χ0n) is 10.6. The van der Waals surface area contributed by atoms with Crippen LogP contribution in [0, 0.1) is 0 Å². The lowest BCUT2D eigenvalue weighted by atomic mass is 10.3. The molecular weight excluding hydrogens is 300 g/mol. The second kappa shape index (κ2) is 7.13. The van der Waals surface area contributed by atoms with Crippen molar-refractivity contribution in [3.8, 4) is 0 Å². The molecule has 1 rings (SSSR count). The van der Waals surface area contributed by atoms with Gasteiger partial charge in [0.15, 0.2) is 0 Å². The smallest absolute Gasteiger partial charge is 0.236 e. The number of halogens is 1. The summed E-state index contributed by atoms with van der Waals surface area (Å²) in [6, 6.07) is 2.12. The number of likely N-dealkylation sites (N-methyl/N-ethyl adjacent to an activating group) is 1. The molecule has 0 saturated carbocycles. The van der Waals surface area contributed by atoms with E-state index in [2.05, 4.69) is 39.2 Å². The summed E-state index contributed by atoms with van der Waals surface area (Å²) in [4.78, 5) is 16.8. The largest absolute Gasteiger partial charge is 0.348 e. The third kappa shape index (κ3) is 5.19. The van der Waals surface area contributed by atoms with Crippen LogP contribution in [-0.4, -0.2) is 42.9 Å². The van der Waals surface area contributed by atoms with Crippen molar-refractivity contribution < 1.29 is 4.79 Å². The average Bonchev–Trinajstić information content (AvgIpc) is 2.64. The summed E-state index contributed by atoms with van der Waals surface area (Å²) in [5.41, 5.74) is 0. The first-order chi connectivity index (χ1) is 8.02. The number of thiophene rings is 1. The summed E-state index contributed by atoms with van der Waals surface area (Å²) < 4.78 is 1.12. The van der Waals surface area contributed by atoms with Gasteiger partial charge < -0.3 is 4.90 Å². The van der Waals surface area contributed by atoms with Crippen LogP contribution in [0.4, 0.5) is 0 Å². The van der Waals surface area contributed by atoms with E-state index in [1.54, 1.807) is 30.3 Å². The summed E-state index contributed by atoms with van der Waals surface area (Å²) in [6.07, 6.45) is 1.06. The second-order valence-electron chi connectivity index (χ2n) is 4.23. The minimum atomic E-state index is 0.161. The van der Waals surface area contributed by atoms with E-state index in [-0.39, 0.29) is 5.91 Å². The molecule has 0 aliphatic carbocycles. The summed E-state index contributed by atoms with van der Waals surface area (Å²) in [7, 11) is 3.60. The van der Waals surface area contributed by atoms with E-state index in [4.69, 9.17) is 0 Å². The molecule has 1 aromatic rings. The van der Waals surface area contributed by atoms with Crippen LogP contribution in [-0.2, 0) is 11.3 Å². The molecular formula is C12H19BrN2OS. The first kappa shape index (κ1) is 14.7. The Hall–Kier alpha value is -0.390. The van der Waals surface area contributed by atoms with E-state index in [9.17, 15) is 4.79 Å². The Balaban J connectivity index is 2.56. The molecule has 1 aromatic heterocycles. The summed E-state index contributed by atoms with van der Waals surface area (Å²) in [5, 5.41) is 2.08. The normalized spacial score (nSPS) is 10.9. The number of carbonyl (C=O) groups is 1. The van der Waals surface area contributed by atoms with Gasteiger partial charge >= 0.3 is 0 Å². The maximum absolute atomic E-state index is 11.7. The topological polar surface area (TPSA) is 23.6 Å². The molecule has 0 atom stereocenters. The van der Waals surface area contributed by atoms with Crippen LogP contribution in [0.5, 0.6) is 0 Å². The summed E-state index contributed by atoms with van der Waals surface area (Å²) in [5.74, 6) is 0.161. The van der Waals surface area contributed by atoms with Gasteiger partial charge in [-0.1, -0.05) is 6.92 Å². The molecule has 3 nitrogen and oxygen atoms in total. The fourth-order valence-corrected chi connectivity index (χ4v) is 3.01. The molecule has 1 amide bonds. The van der Waals surface area contributed by atoms with Gasteiger partial charge in [0.05, 0.1) is 6.54 Å². The van der Waals surface area contributed by atoms with Gasteiger partial charge in [-0.3, -0.25) is 9.69 Å². The Morgan fingerprint density at radius 2 is 2.18 bits per heavy atom. The molecule has 0 spiro atoms. The summed E-state index contributed by atoms with van der Waals surface area (Å²) >= 11 is 5.18. The van der Waals surface area contributed by atoms with Gasteiger partial charge in [0, 0.05) is 35.4 Å². The molecule has 0 radical (unpaired) electrons. The van der Waals surface area contributed by atoms with Crippen molar-refractivity contribution in [1.82, 2.24) is 9.80 Å². The van der Waals surface area contributed by atoms with Gasteiger partial charge in [0.2, 0.25) is 5.91 Å². The van der Waals surface area contributed by atoms with Crippen LogP contribution in [0.15, 0.2) is 15.9 Å². The number of nitrogens with zero attached hydrogens (tertiary/aromatic N) is 2. The minimum absolute atomic E-state index is 0.161. The van der Waals surface area contributed by atoms with E-state index in [1.807, 2.05) is 0 Å². The zero-order valence-corrected chi connectivity index (χ0v) is 13.0. The van der Waals surface area contributed by atoms with Crippen LogP contribution in [0.2, 0.25) is 0 Å². The van der Waals surface area contributed by atoms with Crippen molar-refractivity contribution in [2.45, 2.75) is 19.9 Å². The van der Waals surface area contributed by atoms with Crippen LogP contribution >= 0.6 is 27.3 Å². The predicted molar refractivity (Wildman–Crippen MR) is 76.3 cm³/mol. The summed E-state index contributed by atoms with van der Waals surface area (Å²) in [6.45, 7) is 4.44. The first-order valence-corrected chi connectivity index (χ1v) is 7.35. The molecule has 5 heteroatoms. The molecule has 17 heavy (non-hydrogen) atoms. The van der Waals surface area contributed by atoms with Gasteiger partial charge in [-0.15, -0.1) is 11.3 Å². The number of amides is 1. The highest BCUT2D eigenvalue weighted by molar-refractivity contribution is 9.10. The van der Waals surface area contributed by atoms with Gasteiger partial charge in [-0.25, -0.2) is 0 Å². The predicted octanol–water partition coefficient (Wildman–Crippen LogP) is 2.81. The molecule has 0 aliphatic heterocycles. The SMILES string of the molecule is CCCN(CC(=O)N(C)C)Cc1cc(Br)cs1. The van der Waals surface area contributed by atoms with E-state index >= 15 is 0 Å². The lowest BCUT2D eigenvalue weighted by Crippen LogP contribution is -2.36. The lowest BCUT2D eigenvalue weighted by Gasteiger charge is -2.22. The third-order valence-corrected chi connectivity index (χ3v) is 4.08. The zero-order chi connectivity index (χ0) is 12.8. The number of rotatable bonds is 6. The quantitative estimate of drug-likeness (QED) is 0.805. The minimum Gasteiger partial charge on any atom is -0.348 e. The van der Waals surface area contributed by atoms with Crippen LogP contribution in [0.25, 0.3) is 0 Å². The average molecular weight is 319 g/mol. The highest BCUT2D eigenvalue weighted by atomic mass is 79.9. The molecule has 0 aliphatic rings. The lowest BCUT2D eigenvalue weighted by molar-refractivity contribution is -0.130. The van der Waals surface area contributed by atoms with E-state index in [1.165, 1.54) is 4.88 Å². The van der Waals surface area contributed by atoms with Gasteiger partial charge in [0.25, 0.3) is 0 Å². The Labute approximate surface area is 116 Å². The van der Waals surface area contributed by atoms with Gasteiger partial charge in [0.1, 0.15) is 0 Å². The number of hydrogen-bond acceptors (Lipinski definition) is 3. The molecule has 0 aromatic carbocycles. The Morgan fingerprint density at radius 3 is 2.65 bits per heavy atom. The Morgan fingerprint density at radius 1 is 1.47 bits per heavy atom. The molecule has 0 N–H and O–H groups in total. The fraction of sp³-hybridized carbons (Fsp3) is 0.583. The van der Waals surface area contributed by atoms with E-state index in [0.717, 1.165) is 24.0 Å². The molecule has 0 unspecified atom stereocenters. The Kier molecular flexibility index (Phi) is 6.16. The van der Waals surface area contributed by atoms with Crippen LogP contribution in [0.1, 0.15) is 18.2 Å². The van der Waals surface area contributed by atoms with Crippen molar-refractivity contribution >= 4 is 33.2 Å². The fourth-order valence-electron chi connectivity index (χ4n) is 1.52. The van der Waals surface area contributed by atoms with Crippen molar-refractivity contribution in [3.63, 3.8) is 0 Å². The van der Waals surface area contributed by atoms with Crippen molar-refractivity contribution in [1.29, 1.82) is 0 Å². The second-order valence-corrected chi connectivity index (χ2v) is 6.14. The molecule has 96 valence electrons. The van der Waals surface area contributed by atoms with Crippen molar-refractivity contribution in [2.75, 3.05) is 27.2 Å². The molecule has 0 bridgehead atoms. The molecule has 1 heterocycles. The maximum atomic E-state index is 11.7. The monoisotopic (exact) mass is 318 g/mol. The standard InChI is InChI=1S/C12H19BrN2OS/c1-4-5-15(8-12(16)14(2)3)7-11-6-10(13)9-17-11/h6,9H,4-5,7-8H2,1-3H3. The van der Waals surface area contributed by atoms with Crippen molar-refractivity contribution in [2.24, 2.45) is 0 Å². The maximum Gasteiger partial charge on any atom is 0.236 e. The molecule has 0 saturated heterocycles. The highest BCUT2D eigenvalue weighted by Crippen LogP contribution is 2.21.